The fraction of sp³-hybridized carbons (Fsp3) is 0.300. The maximum atomic E-state index is 5.84. The van der Waals surface area contributed by atoms with Crippen LogP contribution in [0.3, 0.4) is 0 Å². The third-order valence-corrected chi connectivity index (χ3v) is 4.13. The zero-order valence-electron chi connectivity index (χ0n) is 14.8. The fourth-order valence-corrected chi connectivity index (χ4v) is 2.72. The van der Waals surface area contributed by atoms with Gasteiger partial charge in [-0.2, -0.15) is 0 Å². The molecule has 1 aliphatic heterocycles. The molecule has 0 aromatic heterocycles. The van der Waals surface area contributed by atoms with E-state index in [1.165, 1.54) is 23.0 Å². The van der Waals surface area contributed by atoms with Crippen LogP contribution in [-0.4, -0.2) is 12.1 Å². The lowest BCUT2D eigenvalue weighted by molar-refractivity contribution is 0.841. The summed E-state index contributed by atoms with van der Waals surface area (Å²) in [6, 6.07) is 6.56. The summed E-state index contributed by atoms with van der Waals surface area (Å²) in [4.78, 5) is 8.63. The standard InChI is InChI=1S/C20H26N4/c1-6-18-8-7-17(9-13(18)2)11-22-16(5)19-10-14(3)20(15(4)21)24-12-23-19/h7-9,12,22H,3,5-6,10-11,21H2,1-2,4H3/b20-15-. The number of aryl methyl sites for hydroxylation is 2. The molecule has 0 saturated heterocycles. The lowest BCUT2D eigenvalue weighted by Gasteiger charge is -2.13. The van der Waals surface area contributed by atoms with E-state index >= 15 is 0 Å². The molecule has 0 aliphatic carbocycles. The van der Waals surface area contributed by atoms with E-state index in [-0.39, 0.29) is 0 Å². The van der Waals surface area contributed by atoms with Crippen LogP contribution >= 0.6 is 0 Å². The summed E-state index contributed by atoms with van der Waals surface area (Å²) in [5.41, 5.74) is 13.6. The van der Waals surface area contributed by atoms with Crippen LogP contribution in [0, 0.1) is 6.92 Å². The van der Waals surface area contributed by atoms with Crippen LogP contribution in [0.15, 0.2) is 64.0 Å². The minimum absolute atomic E-state index is 0.587. The van der Waals surface area contributed by atoms with Crippen molar-refractivity contribution in [3.05, 3.63) is 70.7 Å². The molecule has 0 spiro atoms. The van der Waals surface area contributed by atoms with E-state index in [0.29, 0.717) is 24.4 Å². The van der Waals surface area contributed by atoms with Gasteiger partial charge in [-0.1, -0.05) is 38.3 Å². The van der Waals surface area contributed by atoms with Crippen molar-refractivity contribution in [2.75, 3.05) is 0 Å². The molecule has 1 heterocycles. The van der Waals surface area contributed by atoms with Crippen molar-refractivity contribution >= 4 is 12.1 Å². The zero-order chi connectivity index (χ0) is 17.7. The summed E-state index contributed by atoms with van der Waals surface area (Å²) in [5.74, 6) is 0. The molecular formula is C20H26N4. The number of nitrogens with zero attached hydrogens (tertiary/aromatic N) is 2. The molecule has 0 saturated carbocycles. The van der Waals surface area contributed by atoms with Crippen molar-refractivity contribution in [3.8, 4) is 0 Å². The Morgan fingerprint density at radius 1 is 1.38 bits per heavy atom. The number of aliphatic imine (C=N–C) groups is 2. The number of hydrogen-bond donors (Lipinski definition) is 2. The van der Waals surface area contributed by atoms with Gasteiger partial charge in [0.05, 0.1) is 11.4 Å². The van der Waals surface area contributed by atoms with Gasteiger partial charge in [0.2, 0.25) is 0 Å². The van der Waals surface area contributed by atoms with Gasteiger partial charge in [0.1, 0.15) is 6.34 Å². The van der Waals surface area contributed by atoms with Gasteiger partial charge in [-0.15, -0.1) is 0 Å². The van der Waals surface area contributed by atoms with Crippen LogP contribution < -0.4 is 11.1 Å². The Bertz CT molecular complexity index is 747. The van der Waals surface area contributed by atoms with Gasteiger partial charge in [0.25, 0.3) is 0 Å². The largest absolute Gasteiger partial charge is 0.401 e. The number of hydrogen-bond acceptors (Lipinski definition) is 4. The van der Waals surface area contributed by atoms with Crippen LogP contribution in [0.2, 0.25) is 0 Å². The summed E-state index contributed by atoms with van der Waals surface area (Å²) in [6.45, 7) is 15.0. The lowest BCUT2D eigenvalue weighted by atomic mass is 10.0. The molecule has 4 heteroatoms. The van der Waals surface area contributed by atoms with Gasteiger partial charge in [0, 0.05) is 24.4 Å². The van der Waals surface area contributed by atoms with Crippen LogP contribution in [0.5, 0.6) is 0 Å². The van der Waals surface area contributed by atoms with Crippen LogP contribution in [0.25, 0.3) is 0 Å². The molecule has 1 aliphatic rings. The molecule has 3 N–H and O–H groups in total. The van der Waals surface area contributed by atoms with Crippen molar-refractivity contribution < 1.29 is 0 Å². The fourth-order valence-electron chi connectivity index (χ4n) is 2.72. The van der Waals surface area contributed by atoms with Crippen LogP contribution in [0.1, 0.15) is 37.0 Å². The average molecular weight is 322 g/mol. The minimum atomic E-state index is 0.587. The maximum Gasteiger partial charge on any atom is 0.116 e. The first-order valence-electron chi connectivity index (χ1n) is 8.17. The SMILES string of the molecule is C=C(NCc1ccc(CC)c(C)c1)C1=NC=N/C(=C(/C)N)C(=C)C1. The van der Waals surface area contributed by atoms with Crippen molar-refractivity contribution in [2.24, 2.45) is 15.7 Å². The minimum Gasteiger partial charge on any atom is -0.401 e. The second-order valence-electron chi connectivity index (χ2n) is 6.08. The smallest absolute Gasteiger partial charge is 0.116 e. The predicted octanol–water partition coefficient (Wildman–Crippen LogP) is 3.78. The van der Waals surface area contributed by atoms with E-state index in [1.807, 2.05) is 6.92 Å². The van der Waals surface area contributed by atoms with Gasteiger partial charge in [-0.05, 0) is 42.5 Å². The van der Waals surface area contributed by atoms with Crippen molar-refractivity contribution in [1.29, 1.82) is 0 Å². The number of nitrogens with one attached hydrogen (secondary N) is 1. The van der Waals surface area contributed by atoms with E-state index in [4.69, 9.17) is 5.73 Å². The summed E-state index contributed by atoms with van der Waals surface area (Å²) < 4.78 is 0. The Morgan fingerprint density at radius 3 is 2.75 bits per heavy atom. The number of rotatable bonds is 5. The molecule has 0 atom stereocenters. The molecule has 0 amide bonds. The third kappa shape index (κ3) is 4.22. The molecule has 1 aromatic carbocycles. The van der Waals surface area contributed by atoms with Crippen LogP contribution in [-0.2, 0) is 13.0 Å². The number of allylic oxidation sites excluding steroid dienone is 3. The molecular weight excluding hydrogens is 296 g/mol. The van der Waals surface area contributed by atoms with E-state index < -0.39 is 0 Å². The Balaban J connectivity index is 2.02. The van der Waals surface area contributed by atoms with Gasteiger partial charge >= 0.3 is 0 Å². The zero-order valence-corrected chi connectivity index (χ0v) is 14.8. The molecule has 24 heavy (non-hydrogen) atoms. The van der Waals surface area contributed by atoms with E-state index in [1.54, 1.807) is 0 Å². The maximum absolute atomic E-state index is 5.84. The molecule has 1 aromatic rings. The molecule has 4 nitrogen and oxygen atoms in total. The quantitative estimate of drug-likeness (QED) is 0.866. The molecule has 2 rings (SSSR count). The molecule has 126 valence electrons. The Morgan fingerprint density at radius 2 is 2.12 bits per heavy atom. The topological polar surface area (TPSA) is 62.8 Å². The first kappa shape index (κ1) is 17.7. The van der Waals surface area contributed by atoms with E-state index in [0.717, 1.165) is 23.4 Å². The third-order valence-electron chi connectivity index (χ3n) is 4.13. The van der Waals surface area contributed by atoms with Crippen molar-refractivity contribution in [2.45, 2.75) is 40.2 Å². The molecule has 0 radical (unpaired) electrons. The summed E-state index contributed by atoms with van der Waals surface area (Å²) in [7, 11) is 0. The highest BCUT2D eigenvalue weighted by Gasteiger charge is 2.13. The molecule has 0 unspecified atom stereocenters. The van der Waals surface area contributed by atoms with Crippen molar-refractivity contribution in [1.82, 2.24) is 5.32 Å². The Kier molecular flexibility index (Phi) is 5.74. The highest BCUT2D eigenvalue weighted by molar-refractivity contribution is 6.05. The molecule has 0 bridgehead atoms. The second-order valence-corrected chi connectivity index (χ2v) is 6.08. The van der Waals surface area contributed by atoms with E-state index in [2.05, 4.69) is 60.5 Å². The average Bonchev–Trinajstić information content (AvgIpc) is 2.74. The van der Waals surface area contributed by atoms with Gasteiger partial charge in [-0.25, -0.2) is 9.98 Å². The number of benzene rings is 1. The first-order valence-corrected chi connectivity index (χ1v) is 8.17. The van der Waals surface area contributed by atoms with Gasteiger partial charge in [-0.3, -0.25) is 0 Å². The van der Waals surface area contributed by atoms with Crippen molar-refractivity contribution in [3.63, 3.8) is 0 Å². The lowest BCUT2D eigenvalue weighted by Crippen LogP contribution is -2.20. The Hall–Kier alpha value is -2.62. The normalized spacial score (nSPS) is 16.5. The highest BCUT2D eigenvalue weighted by Crippen LogP contribution is 2.20. The second kappa shape index (κ2) is 7.77. The van der Waals surface area contributed by atoms with E-state index in [9.17, 15) is 0 Å². The summed E-state index contributed by atoms with van der Waals surface area (Å²) in [5, 5.41) is 3.35. The summed E-state index contributed by atoms with van der Waals surface area (Å²) in [6.07, 6.45) is 3.16. The van der Waals surface area contributed by atoms with Gasteiger partial charge in [0.15, 0.2) is 0 Å². The highest BCUT2D eigenvalue weighted by atomic mass is 15.0. The van der Waals surface area contributed by atoms with Crippen LogP contribution in [0.4, 0.5) is 0 Å². The monoisotopic (exact) mass is 322 g/mol. The summed E-state index contributed by atoms with van der Waals surface area (Å²) >= 11 is 0. The number of nitrogens with two attached hydrogens (primary N) is 1. The Labute approximate surface area is 144 Å². The van der Waals surface area contributed by atoms with Gasteiger partial charge < -0.3 is 11.1 Å². The molecule has 0 fully saturated rings. The predicted molar refractivity (Wildman–Crippen MR) is 103 cm³/mol. The first-order chi connectivity index (χ1) is 11.4.